The number of benzene rings is 1. The maximum absolute atomic E-state index is 9.17. The van der Waals surface area contributed by atoms with E-state index in [1.807, 2.05) is 6.07 Å². The molecule has 98 valence electrons. The summed E-state index contributed by atoms with van der Waals surface area (Å²) in [5.41, 5.74) is 1.49. The molecule has 1 aromatic rings. The Labute approximate surface area is 108 Å². The summed E-state index contributed by atoms with van der Waals surface area (Å²) in [6.07, 6.45) is 0.681. The lowest BCUT2D eigenvalue weighted by atomic mass is 10.1. The SMILES string of the molecule is COc1ccc(C#N)c(N(CCCO)C(C)C)c1. The fraction of sp³-hybridized carbons (Fsp3) is 0.500. The lowest BCUT2D eigenvalue weighted by Crippen LogP contribution is -2.32. The van der Waals surface area contributed by atoms with Crippen molar-refractivity contribution in [1.29, 1.82) is 5.26 Å². The lowest BCUT2D eigenvalue weighted by Gasteiger charge is -2.29. The Morgan fingerprint density at radius 2 is 2.17 bits per heavy atom. The third kappa shape index (κ3) is 3.38. The van der Waals surface area contributed by atoms with Crippen LogP contribution in [0.4, 0.5) is 5.69 Å². The largest absolute Gasteiger partial charge is 0.497 e. The van der Waals surface area contributed by atoms with Gasteiger partial charge in [-0.15, -0.1) is 0 Å². The van der Waals surface area contributed by atoms with Crippen LogP contribution in [0.2, 0.25) is 0 Å². The first-order chi connectivity index (χ1) is 8.63. The van der Waals surface area contributed by atoms with Crippen molar-refractivity contribution < 1.29 is 9.84 Å². The summed E-state index contributed by atoms with van der Waals surface area (Å²) in [7, 11) is 1.61. The molecule has 0 radical (unpaired) electrons. The van der Waals surface area contributed by atoms with E-state index in [2.05, 4.69) is 24.8 Å². The zero-order valence-corrected chi connectivity index (χ0v) is 11.2. The van der Waals surface area contributed by atoms with Crippen molar-refractivity contribution in [2.45, 2.75) is 26.3 Å². The van der Waals surface area contributed by atoms with Gasteiger partial charge in [-0.2, -0.15) is 5.26 Å². The number of hydrogen-bond acceptors (Lipinski definition) is 4. The van der Waals surface area contributed by atoms with Crippen LogP contribution in [-0.2, 0) is 0 Å². The summed E-state index contributed by atoms with van der Waals surface area (Å²) in [6, 6.07) is 7.88. The Bertz CT molecular complexity index is 424. The molecule has 18 heavy (non-hydrogen) atoms. The summed E-state index contributed by atoms with van der Waals surface area (Å²) in [4.78, 5) is 2.11. The zero-order chi connectivity index (χ0) is 13.5. The van der Waals surface area contributed by atoms with E-state index in [4.69, 9.17) is 9.84 Å². The van der Waals surface area contributed by atoms with E-state index >= 15 is 0 Å². The Morgan fingerprint density at radius 3 is 2.67 bits per heavy atom. The van der Waals surface area contributed by atoms with E-state index in [1.54, 1.807) is 19.2 Å². The van der Waals surface area contributed by atoms with E-state index in [0.29, 0.717) is 12.0 Å². The van der Waals surface area contributed by atoms with Crippen molar-refractivity contribution in [1.82, 2.24) is 0 Å². The summed E-state index contributed by atoms with van der Waals surface area (Å²) in [5, 5.41) is 18.1. The van der Waals surface area contributed by atoms with Gasteiger partial charge < -0.3 is 14.7 Å². The van der Waals surface area contributed by atoms with Gasteiger partial charge in [0, 0.05) is 25.3 Å². The van der Waals surface area contributed by atoms with E-state index in [-0.39, 0.29) is 12.6 Å². The topological polar surface area (TPSA) is 56.5 Å². The monoisotopic (exact) mass is 248 g/mol. The minimum Gasteiger partial charge on any atom is -0.497 e. The van der Waals surface area contributed by atoms with Crippen LogP contribution in [0.3, 0.4) is 0 Å². The van der Waals surface area contributed by atoms with Crippen LogP contribution in [0.25, 0.3) is 0 Å². The summed E-state index contributed by atoms with van der Waals surface area (Å²) in [5.74, 6) is 0.735. The van der Waals surface area contributed by atoms with Crippen LogP contribution in [0, 0.1) is 11.3 Å². The van der Waals surface area contributed by atoms with Crippen LogP contribution in [0.5, 0.6) is 5.75 Å². The highest BCUT2D eigenvalue weighted by Crippen LogP contribution is 2.27. The quantitative estimate of drug-likeness (QED) is 0.838. The molecule has 1 rings (SSSR count). The van der Waals surface area contributed by atoms with E-state index in [9.17, 15) is 5.26 Å². The van der Waals surface area contributed by atoms with Gasteiger partial charge >= 0.3 is 0 Å². The summed E-state index contributed by atoms with van der Waals surface area (Å²) < 4.78 is 5.20. The third-order valence-corrected chi connectivity index (χ3v) is 2.82. The smallest absolute Gasteiger partial charge is 0.121 e. The Kier molecular flexibility index (Phi) is 5.47. The van der Waals surface area contributed by atoms with Crippen LogP contribution in [-0.4, -0.2) is 31.4 Å². The number of ether oxygens (including phenoxy) is 1. The average Bonchev–Trinajstić information content (AvgIpc) is 2.38. The van der Waals surface area contributed by atoms with Crippen molar-refractivity contribution in [2.75, 3.05) is 25.2 Å². The van der Waals surface area contributed by atoms with Gasteiger partial charge in [0.2, 0.25) is 0 Å². The normalized spacial score (nSPS) is 10.2. The molecule has 0 aliphatic carbocycles. The molecular formula is C14H20N2O2. The predicted molar refractivity (Wildman–Crippen MR) is 71.9 cm³/mol. The molecule has 1 N–H and O–H groups in total. The second kappa shape index (κ2) is 6.87. The van der Waals surface area contributed by atoms with E-state index < -0.39 is 0 Å². The van der Waals surface area contributed by atoms with E-state index in [1.165, 1.54) is 0 Å². The predicted octanol–water partition coefficient (Wildman–Crippen LogP) is 2.16. The van der Waals surface area contributed by atoms with Gasteiger partial charge in [0.1, 0.15) is 11.8 Å². The van der Waals surface area contributed by atoms with Crippen LogP contribution in [0.1, 0.15) is 25.8 Å². The maximum Gasteiger partial charge on any atom is 0.121 e. The highest BCUT2D eigenvalue weighted by molar-refractivity contribution is 5.62. The van der Waals surface area contributed by atoms with Gasteiger partial charge in [0.25, 0.3) is 0 Å². The van der Waals surface area contributed by atoms with Gasteiger partial charge in [-0.05, 0) is 32.4 Å². The lowest BCUT2D eigenvalue weighted by molar-refractivity contribution is 0.288. The molecule has 0 aliphatic rings. The molecule has 0 saturated heterocycles. The molecule has 0 bridgehead atoms. The first kappa shape index (κ1) is 14.3. The van der Waals surface area contributed by atoms with Gasteiger partial charge in [-0.1, -0.05) is 0 Å². The first-order valence-corrected chi connectivity index (χ1v) is 6.09. The molecule has 1 aromatic carbocycles. The number of nitrogens with zero attached hydrogens (tertiary/aromatic N) is 2. The molecule has 0 amide bonds. The average molecular weight is 248 g/mol. The van der Waals surface area contributed by atoms with Crippen molar-refractivity contribution in [2.24, 2.45) is 0 Å². The third-order valence-electron chi connectivity index (χ3n) is 2.82. The van der Waals surface area contributed by atoms with Crippen molar-refractivity contribution in [3.63, 3.8) is 0 Å². The van der Waals surface area contributed by atoms with Gasteiger partial charge in [-0.3, -0.25) is 0 Å². The second-order valence-corrected chi connectivity index (χ2v) is 4.36. The fourth-order valence-electron chi connectivity index (χ4n) is 1.87. The molecule has 0 unspecified atom stereocenters. The van der Waals surface area contributed by atoms with E-state index in [0.717, 1.165) is 18.0 Å². The molecule has 0 spiro atoms. The number of methoxy groups -OCH3 is 1. The first-order valence-electron chi connectivity index (χ1n) is 6.09. The highest BCUT2D eigenvalue weighted by Gasteiger charge is 2.15. The fourth-order valence-corrected chi connectivity index (χ4v) is 1.87. The molecule has 0 atom stereocenters. The number of aliphatic hydroxyl groups excluding tert-OH is 1. The van der Waals surface area contributed by atoms with Gasteiger partial charge in [0.15, 0.2) is 0 Å². The molecular weight excluding hydrogens is 228 g/mol. The minimum atomic E-state index is 0.148. The molecule has 0 saturated carbocycles. The number of hydrogen-bond donors (Lipinski definition) is 1. The van der Waals surface area contributed by atoms with Crippen molar-refractivity contribution in [3.8, 4) is 11.8 Å². The number of nitriles is 1. The number of aliphatic hydroxyl groups is 1. The van der Waals surface area contributed by atoms with Crippen molar-refractivity contribution >= 4 is 5.69 Å². The minimum absolute atomic E-state index is 0.148. The highest BCUT2D eigenvalue weighted by atomic mass is 16.5. The Balaban J connectivity index is 3.12. The van der Waals surface area contributed by atoms with Gasteiger partial charge in [0.05, 0.1) is 18.4 Å². The van der Waals surface area contributed by atoms with Crippen molar-refractivity contribution in [3.05, 3.63) is 23.8 Å². The molecule has 0 heterocycles. The van der Waals surface area contributed by atoms with Crippen LogP contribution < -0.4 is 9.64 Å². The number of rotatable bonds is 6. The molecule has 0 aliphatic heterocycles. The Hall–Kier alpha value is -1.73. The molecule has 0 fully saturated rings. The standard InChI is InChI=1S/C14H20N2O2/c1-11(2)16(7-4-8-17)14-9-13(18-3)6-5-12(14)10-15/h5-6,9,11,17H,4,7-8H2,1-3H3. The van der Waals surface area contributed by atoms with Crippen LogP contribution in [0.15, 0.2) is 18.2 Å². The second-order valence-electron chi connectivity index (χ2n) is 4.36. The molecule has 4 nitrogen and oxygen atoms in total. The van der Waals surface area contributed by atoms with Gasteiger partial charge in [-0.25, -0.2) is 0 Å². The summed E-state index contributed by atoms with van der Waals surface area (Å²) in [6.45, 7) is 5.00. The van der Waals surface area contributed by atoms with Crippen LogP contribution >= 0.6 is 0 Å². The molecule has 4 heteroatoms. The summed E-state index contributed by atoms with van der Waals surface area (Å²) >= 11 is 0. The maximum atomic E-state index is 9.17. The Morgan fingerprint density at radius 1 is 1.44 bits per heavy atom. The number of anilines is 1. The zero-order valence-electron chi connectivity index (χ0n) is 11.2. The molecule has 0 aromatic heterocycles.